The van der Waals surface area contributed by atoms with Gasteiger partial charge in [0.15, 0.2) is 11.0 Å². The van der Waals surface area contributed by atoms with Crippen LogP contribution in [0.2, 0.25) is 0 Å². The van der Waals surface area contributed by atoms with Crippen LogP contribution in [0.5, 0.6) is 0 Å². The molecule has 8 heteroatoms. The molecule has 30 heavy (non-hydrogen) atoms. The highest BCUT2D eigenvalue weighted by molar-refractivity contribution is 7.99. The normalized spacial score (nSPS) is 14.7. The lowest BCUT2D eigenvalue weighted by Crippen LogP contribution is -2.37. The number of nitrogens with zero attached hydrogens (tertiary/aromatic N) is 4. The van der Waals surface area contributed by atoms with E-state index in [1.165, 1.54) is 17.7 Å². The van der Waals surface area contributed by atoms with Gasteiger partial charge in [-0.1, -0.05) is 42.1 Å². The molecule has 1 N–H and O–H groups in total. The minimum absolute atomic E-state index is 0.244. The van der Waals surface area contributed by atoms with E-state index in [2.05, 4.69) is 37.1 Å². The van der Waals surface area contributed by atoms with Crippen LogP contribution in [0.15, 0.2) is 59.8 Å². The van der Waals surface area contributed by atoms with Gasteiger partial charge in [0, 0.05) is 31.1 Å². The second-order valence-corrected chi connectivity index (χ2v) is 8.20. The maximum atomic E-state index is 13.1. The highest BCUT2D eigenvalue weighted by Crippen LogP contribution is 2.20. The Labute approximate surface area is 180 Å². The number of hydrogen-bond acceptors (Lipinski definition) is 6. The molecule has 2 aromatic carbocycles. The van der Waals surface area contributed by atoms with E-state index in [0.29, 0.717) is 13.1 Å². The molecular weight excluding hydrogens is 401 g/mol. The van der Waals surface area contributed by atoms with Crippen LogP contribution in [0, 0.1) is 5.82 Å². The second kappa shape index (κ2) is 10.6. The highest BCUT2D eigenvalue weighted by atomic mass is 32.2. The second-order valence-electron chi connectivity index (χ2n) is 7.13. The summed E-state index contributed by atoms with van der Waals surface area (Å²) in [6.07, 6.45) is 0. The Balaban J connectivity index is 1.43. The minimum Gasteiger partial charge on any atom is -0.379 e. The fourth-order valence-electron chi connectivity index (χ4n) is 3.32. The van der Waals surface area contributed by atoms with Crippen molar-refractivity contribution in [2.75, 3.05) is 43.9 Å². The van der Waals surface area contributed by atoms with Gasteiger partial charge in [0.1, 0.15) is 5.82 Å². The van der Waals surface area contributed by atoms with Crippen molar-refractivity contribution in [1.29, 1.82) is 0 Å². The van der Waals surface area contributed by atoms with Gasteiger partial charge < -0.3 is 14.6 Å². The summed E-state index contributed by atoms with van der Waals surface area (Å²) in [7, 11) is 0. The van der Waals surface area contributed by atoms with Crippen molar-refractivity contribution < 1.29 is 9.13 Å². The molecule has 1 aromatic heterocycles. The maximum Gasteiger partial charge on any atom is 0.191 e. The Kier molecular flexibility index (Phi) is 7.34. The number of anilines is 1. The molecule has 0 aliphatic carbocycles. The lowest BCUT2D eigenvalue weighted by Gasteiger charge is -2.26. The predicted molar refractivity (Wildman–Crippen MR) is 117 cm³/mol. The summed E-state index contributed by atoms with van der Waals surface area (Å²) >= 11 is 1.73. The van der Waals surface area contributed by atoms with Crippen LogP contribution in [0.3, 0.4) is 0 Å². The molecule has 2 heterocycles. The number of morpholine rings is 1. The number of hydrogen-bond donors (Lipinski definition) is 1. The van der Waals surface area contributed by atoms with E-state index in [4.69, 9.17) is 4.74 Å². The molecule has 0 atom stereocenters. The number of aromatic nitrogens is 3. The Morgan fingerprint density at radius 3 is 2.53 bits per heavy atom. The van der Waals surface area contributed by atoms with Crippen LogP contribution in [-0.4, -0.2) is 58.3 Å². The quantitative estimate of drug-likeness (QED) is 0.528. The summed E-state index contributed by atoms with van der Waals surface area (Å²) < 4.78 is 20.7. The first-order chi connectivity index (χ1) is 14.8. The average molecular weight is 428 g/mol. The van der Waals surface area contributed by atoms with Crippen LogP contribution in [0.4, 0.5) is 10.1 Å². The molecule has 1 aliphatic heterocycles. The number of rotatable bonds is 9. The van der Waals surface area contributed by atoms with Gasteiger partial charge in [0.25, 0.3) is 0 Å². The van der Waals surface area contributed by atoms with Gasteiger partial charge >= 0.3 is 0 Å². The van der Waals surface area contributed by atoms with E-state index in [1.54, 1.807) is 23.9 Å². The first kappa shape index (κ1) is 20.8. The van der Waals surface area contributed by atoms with Crippen molar-refractivity contribution in [3.05, 3.63) is 71.8 Å². The summed E-state index contributed by atoms with van der Waals surface area (Å²) in [6.45, 7) is 5.86. The molecule has 158 valence electrons. The Morgan fingerprint density at radius 1 is 1.00 bits per heavy atom. The topological polar surface area (TPSA) is 55.2 Å². The molecule has 0 bridgehead atoms. The van der Waals surface area contributed by atoms with Crippen LogP contribution >= 0.6 is 11.8 Å². The lowest BCUT2D eigenvalue weighted by molar-refractivity contribution is 0.0410. The SMILES string of the molecule is Fc1ccc(NCc2nnc(SCCN3CCOCC3)n2Cc2ccccc2)cc1. The van der Waals surface area contributed by atoms with Crippen LogP contribution in [0.1, 0.15) is 11.4 Å². The third-order valence-corrected chi connectivity index (χ3v) is 5.96. The summed E-state index contributed by atoms with van der Waals surface area (Å²) in [5.41, 5.74) is 2.06. The van der Waals surface area contributed by atoms with Crippen molar-refractivity contribution in [3.8, 4) is 0 Å². The molecule has 1 fully saturated rings. The average Bonchev–Trinajstić information content (AvgIpc) is 3.16. The predicted octanol–water partition coefficient (Wildman–Crippen LogP) is 3.50. The van der Waals surface area contributed by atoms with Gasteiger partial charge in [-0.25, -0.2) is 4.39 Å². The third kappa shape index (κ3) is 5.81. The Morgan fingerprint density at radius 2 is 1.77 bits per heavy atom. The van der Waals surface area contributed by atoms with Gasteiger partial charge in [0.05, 0.1) is 26.3 Å². The lowest BCUT2D eigenvalue weighted by atomic mass is 10.2. The van der Waals surface area contributed by atoms with Crippen molar-refractivity contribution >= 4 is 17.4 Å². The van der Waals surface area contributed by atoms with E-state index in [9.17, 15) is 4.39 Å². The van der Waals surface area contributed by atoms with Crippen molar-refractivity contribution in [3.63, 3.8) is 0 Å². The van der Waals surface area contributed by atoms with Crippen molar-refractivity contribution in [2.45, 2.75) is 18.2 Å². The fourth-order valence-corrected chi connectivity index (χ4v) is 4.28. The fraction of sp³-hybridized carbons (Fsp3) is 0.364. The monoisotopic (exact) mass is 427 g/mol. The summed E-state index contributed by atoms with van der Waals surface area (Å²) in [5, 5.41) is 13.1. The molecule has 0 amide bonds. The molecular formula is C22H26FN5OS. The van der Waals surface area contributed by atoms with Crippen molar-refractivity contribution in [1.82, 2.24) is 19.7 Å². The first-order valence-electron chi connectivity index (χ1n) is 10.2. The minimum atomic E-state index is -0.244. The summed E-state index contributed by atoms with van der Waals surface area (Å²) in [5.74, 6) is 1.57. The van der Waals surface area contributed by atoms with Crippen LogP contribution in [-0.2, 0) is 17.8 Å². The molecule has 1 aliphatic rings. The number of thioether (sulfide) groups is 1. The number of nitrogens with one attached hydrogen (secondary N) is 1. The maximum absolute atomic E-state index is 13.1. The van der Waals surface area contributed by atoms with Crippen LogP contribution < -0.4 is 5.32 Å². The van der Waals surface area contributed by atoms with E-state index >= 15 is 0 Å². The third-order valence-electron chi connectivity index (χ3n) is 5.01. The summed E-state index contributed by atoms with van der Waals surface area (Å²) in [6, 6.07) is 16.7. The van der Waals surface area contributed by atoms with Gasteiger partial charge in [0.2, 0.25) is 0 Å². The molecule has 0 radical (unpaired) electrons. The number of benzene rings is 2. The largest absolute Gasteiger partial charge is 0.379 e. The zero-order chi connectivity index (χ0) is 20.6. The van der Waals surface area contributed by atoms with E-state index in [-0.39, 0.29) is 5.82 Å². The standard InChI is InChI=1S/C22H26FN5OS/c23-19-6-8-20(9-7-19)24-16-21-25-26-22(28(21)17-18-4-2-1-3-5-18)30-15-12-27-10-13-29-14-11-27/h1-9,24H,10-17H2. The van der Waals surface area contributed by atoms with Gasteiger partial charge in [-0.2, -0.15) is 0 Å². The van der Waals surface area contributed by atoms with E-state index in [0.717, 1.165) is 55.3 Å². The summed E-state index contributed by atoms with van der Waals surface area (Å²) in [4.78, 5) is 2.42. The van der Waals surface area contributed by atoms with E-state index in [1.807, 2.05) is 18.2 Å². The molecule has 0 spiro atoms. The van der Waals surface area contributed by atoms with Crippen molar-refractivity contribution in [2.24, 2.45) is 0 Å². The number of ether oxygens (including phenoxy) is 1. The zero-order valence-corrected chi connectivity index (χ0v) is 17.7. The molecule has 0 unspecified atom stereocenters. The van der Waals surface area contributed by atoms with E-state index < -0.39 is 0 Å². The molecule has 6 nitrogen and oxygen atoms in total. The molecule has 0 saturated carbocycles. The first-order valence-corrected chi connectivity index (χ1v) is 11.1. The smallest absolute Gasteiger partial charge is 0.191 e. The highest BCUT2D eigenvalue weighted by Gasteiger charge is 2.15. The van der Waals surface area contributed by atoms with Crippen LogP contribution in [0.25, 0.3) is 0 Å². The molecule has 3 aromatic rings. The van der Waals surface area contributed by atoms with Gasteiger partial charge in [-0.05, 0) is 29.8 Å². The van der Waals surface area contributed by atoms with Gasteiger partial charge in [-0.3, -0.25) is 4.90 Å². The van der Waals surface area contributed by atoms with Gasteiger partial charge in [-0.15, -0.1) is 10.2 Å². The number of halogens is 1. The molecule has 4 rings (SSSR count). The Bertz CT molecular complexity index is 913. The zero-order valence-electron chi connectivity index (χ0n) is 16.8. The Hall–Kier alpha value is -2.42. The molecule has 1 saturated heterocycles.